The summed E-state index contributed by atoms with van der Waals surface area (Å²) in [7, 11) is -3.53. The molecule has 2 aromatic carbocycles. The van der Waals surface area contributed by atoms with Gasteiger partial charge in [-0.1, -0.05) is 36.8 Å². The fraction of sp³-hybridized carbons (Fsp3) is 0.455. The molecule has 2 aromatic rings. The SMILES string of the molecule is Cc1cc(C)c(S(=O)(=O)NCc2ccc(N3CCCC(C)C3)cc2)c(C)c1. The molecule has 1 heterocycles. The van der Waals surface area contributed by atoms with Crippen molar-refractivity contribution in [2.45, 2.75) is 52.0 Å². The molecule has 0 bridgehead atoms. The maximum Gasteiger partial charge on any atom is 0.241 e. The third-order valence-electron chi connectivity index (χ3n) is 5.30. The summed E-state index contributed by atoms with van der Waals surface area (Å²) in [5.41, 5.74) is 4.84. The third-order valence-corrected chi connectivity index (χ3v) is 7.00. The van der Waals surface area contributed by atoms with Crippen molar-refractivity contribution >= 4 is 15.7 Å². The van der Waals surface area contributed by atoms with E-state index in [4.69, 9.17) is 0 Å². The fourth-order valence-electron chi connectivity index (χ4n) is 4.09. The average Bonchev–Trinajstić information content (AvgIpc) is 2.59. The Morgan fingerprint density at radius 1 is 1.07 bits per heavy atom. The van der Waals surface area contributed by atoms with E-state index in [0.29, 0.717) is 11.4 Å². The van der Waals surface area contributed by atoms with Gasteiger partial charge in [-0.05, 0) is 68.4 Å². The Kier molecular flexibility index (Phi) is 5.92. The predicted molar refractivity (Wildman–Crippen MR) is 112 cm³/mol. The first-order valence-corrected chi connectivity index (χ1v) is 11.2. The lowest BCUT2D eigenvalue weighted by Crippen LogP contribution is -2.34. The van der Waals surface area contributed by atoms with Crippen LogP contribution in [0.3, 0.4) is 0 Å². The average molecular weight is 387 g/mol. The van der Waals surface area contributed by atoms with Crippen LogP contribution >= 0.6 is 0 Å². The number of hydrogen-bond acceptors (Lipinski definition) is 3. The maximum absolute atomic E-state index is 12.8. The Hall–Kier alpha value is -1.85. The predicted octanol–water partition coefficient (Wildman–Crippen LogP) is 4.33. The molecule has 1 saturated heterocycles. The van der Waals surface area contributed by atoms with E-state index in [2.05, 4.69) is 28.7 Å². The van der Waals surface area contributed by atoms with Gasteiger partial charge in [0, 0.05) is 25.3 Å². The molecule has 1 unspecified atom stereocenters. The second-order valence-corrected chi connectivity index (χ2v) is 9.62. The van der Waals surface area contributed by atoms with Crippen LogP contribution in [-0.4, -0.2) is 21.5 Å². The minimum atomic E-state index is -3.53. The second kappa shape index (κ2) is 8.03. The molecule has 27 heavy (non-hydrogen) atoms. The van der Waals surface area contributed by atoms with Gasteiger partial charge in [-0.2, -0.15) is 0 Å². The van der Waals surface area contributed by atoms with Crippen molar-refractivity contribution in [2.24, 2.45) is 5.92 Å². The highest BCUT2D eigenvalue weighted by atomic mass is 32.2. The van der Waals surface area contributed by atoms with E-state index < -0.39 is 10.0 Å². The molecule has 5 heteroatoms. The van der Waals surface area contributed by atoms with E-state index in [0.717, 1.165) is 41.3 Å². The van der Waals surface area contributed by atoms with Gasteiger partial charge in [0.15, 0.2) is 0 Å². The van der Waals surface area contributed by atoms with Crippen LogP contribution in [0.15, 0.2) is 41.3 Å². The molecular formula is C22H30N2O2S. The molecule has 0 amide bonds. The highest BCUT2D eigenvalue weighted by Crippen LogP contribution is 2.24. The summed E-state index contributed by atoms with van der Waals surface area (Å²) in [5, 5.41) is 0. The fourth-order valence-corrected chi connectivity index (χ4v) is 5.56. The lowest BCUT2D eigenvalue weighted by atomic mass is 9.99. The van der Waals surface area contributed by atoms with Gasteiger partial charge >= 0.3 is 0 Å². The first-order chi connectivity index (χ1) is 12.8. The van der Waals surface area contributed by atoms with E-state index in [1.165, 1.54) is 18.5 Å². The molecular weight excluding hydrogens is 356 g/mol. The van der Waals surface area contributed by atoms with Crippen LogP contribution in [0.4, 0.5) is 5.69 Å². The monoisotopic (exact) mass is 386 g/mol. The van der Waals surface area contributed by atoms with Crippen LogP contribution in [0.2, 0.25) is 0 Å². The molecule has 0 saturated carbocycles. The van der Waals surface area contributed by atoms with Gasteiger partial charge in [0.25, 0.3) is 0 Å². The standard InChI is InChI=1S/C22H30N2O2S/c1-16-6-5-11-24(15-16)21-9-7-20(8-10-21)14-23-27(25,26)22-18(3)12-17(2)13-19(22)4/h7-10,12-13,16,23H,5-6,11,14-15H2,1-4H3. The zero-order valence-electron chi connectivity index (χ0n) is 16.7. The topological polar surface area (TPSA) is 49.4 Å². The molecule has 0 radical (unpaired) electrons. The minimum Gasteiger partial charge on any atom is -0.371 e. The van der Waals surface area contributed by atoms with Crippen LogP contribution in [0.1, 0.15) is 42.0 Å². The Bertz CT molecular complexity index is 881. The first-order valence-electron chi connectivity index (χ1n) is 9.67. The van der Waals surface area contributed by atoms with E-state index in [-0.39, 0.29) is 0 Å². The normalized spacial score (nSPS) is 17.9. The second-order valence-electron chi connectivity index (χ2n) is 7.91. The van der Waals surface area contributed by atoms with Gasteiger partial charge in [-0.15, -0.1) is 0 Å². The van der Waals surface area contributed by atoms with Crippen molar-refractivity contribution in [3.05, 3.63) is 58.7 Å². The molecule has 0 aliphatic carbocycles. The van der Waals surface area contributed by atoms with Gasteiger partial charge in [-0.3, -0.25) is 0 Å². The summed E-state index contributed by atoms with van der Waals surface area (Å²) in [6, 6.07) is 12.1. The van der Waals surface area contributed by atoms with Crippen molar-refractivity contribution in [3.63, 3.8) is 0 Å². The molecule has 0 aromatic heterocycles. The number of hydrogen-bond donors (Lipinski definition) is 1. The number of nitrogens with one attached hydrogen (secondary N) is 1. The van der Waals surface area contributed by atoms with Gasteiger partial charge in [-0.25, -0.2) is 13.1 Å². The molecule has 1 atom stereocenters. The van der Waals surface area contributed by atoms with Gasteiger partial charge in [0.2, 0.25) is 10.0 Å². The molecule has 146 valence electrons. The zero-order chi connectivity index (χ0) is 19.6. The van der Waals surface area contributed by atoms with E-state index in [9.17, 15) is 8.42 Å². The van der Waals surface area contributed by atoms with E-state index in [1.54, 1.807) is 0 Å². The molecule has 1 N–H and O–H groups in total. The lowest BCUT2D eigenvalue weighted by molar-refractivity contribution is 0.447. The van der Waals surface area contributed by atoms with Gasteiger partial charge in [0.1, 0.15) is 0 Å². The minimum absolute atomic E-state index is 0.297. The van der Waals surface area contributed by atoms with Crippen LogP contribution in [0.25, 0.3) is 0 Å². The number of piperidine rings is 1. The van der Waals surface area contributed by atoms with E-state index >= 15 is 0 Å². The summed E-state index contributed by atoms with van der Waals surface area (Å²) in [5.74, 6) is 0.728. The number of rotatable bonds is 5. The quantitative estimate of drug-likeness (QED) is 0.832. The van der Waals surface area contributed by atoms with Crippen LogP contribution in [0, 0.1) is 26.7 Å². The van der Waals surface area contributed by atoms with Crippen LogP contribution < -0.4 is 9.62 Å². The number of aryl methyl sites for hydroxylation is 3. The summed E-state index contributed by atoms with van der Waals surface area (Å²) in [6.45, 7) is 10.5. The number of nitrogens with zero attached hydrogens (tertiary/aromatic N) is 1. The van der Waals surface area contributed by atoms with E-state index in [1.807, 2.05) is 45.0 Å². The molecule has 0 spiro atoms. The number of benzene rings is 2. The van der Waals surface area contributed by atoms with Crippen molar-refractivity contribution in [1.29, 1.82) is 0 Å². The molecule has 3 rings (SSSR count). The molecule has 1 aliphatic rings. The smallest absolute Gasteiger partial charge is 0.241 e. The summed E-state index contributed by atoms with van der Waals surface area (Å²) in [6.07, 6.45) is 2.53. The lowest BCUT2D eigenvalue weighted by Gasteiger charge is -2.32. The molecule has 4 nitrogen and oxygen atoms in total. The van der Waals surface area contributed by atoms with Crippen molar-refractivity contribution < 1.29 is 8.42 Å². The highest BCUT2D eigenvalue weighted by molar-refractivity contribution is 7.89. The van der Waals surface area contributed by atoms with Crippen molar-refractivity contribution in [3.8, 4) is 0 Å². The number of sulfonamides is 1. The Morgan fingerprint density at radius 3 is 2.30 bits per heavy atom. The molecule has 1 fully saturated rings. The summed E-state index contributed by atoms with van der Waals surface area (Å²) in [4.78, 5) is 2.81. The summed E-state index contributed by atoms with van der Waals surface area (Å²) >= 11 is 0. The Morgan fingerprint density at radius 2 is 1.70 bits per heavy atom. The zero-order valence-corrected chi connectivity index (χ0v) is 17.6. The third kappa shape index (κ3) is 4.71. The highest BCUT2D eigenvalue weighted by Gasteiger charge is 2.20. The Labute approximate surface area is 163 Å². The van der Waals surface area contributed by atoms with Gasteiger partial charge < -0.3 is 4.90 Å². The summed E-state index contributed by atoms with van der Waals surface area (Å²) < 4.78 is 28.3. The van der Waals surface area contributed by atoms with Gasteiger partial charge in [0.05, 0.1) is 4.90 Å². The van der Waals surface area contributed by atoms with Crippen LogP contribution in [0.5, 0.6) is 0 Å². The van der Waals surface area contributed by atoms with Crippen LogP contribution in [-0.2, 0) is 16.6 Å². The molecule has 1 aliphatic heterocycles. The first kappa shape index (κ1) is 19.9. The largest absolute Gasteiger partial charge is 0.371 e. The Balaban J connectivity index is 1.69. The van der Waals surface area contributed by atoms with Crippen molar-refractivity contribution in [1.82, 2.24) is 4.72 Å². The maximum atomic E-state index is 12.8. The van der Waals surface area contributed by atoms with Crippen molar-refractivity contribution in [2.75, 3.05) is 18.0 Å². The number of anilines is 1.